The molecule has 14 heavy (non-hydrogen) atoms. The number of ether oxygens (including phenoxy) is 2. The molecule has 1 aromatic carbocycles. The summed E-state index contributed by atoms with van der Waals surface area (Å²) in [6.45, 7) is 0.0339. The van der Waals surface area contributed by atoms with E-state index in [-0.39, 0.29) is 18.2 Å². The van der Waals surface area contributed by atoms with Crippen LogP contribution in [-0.2, 0) is 5.75 Å². The fraction of sp³-hybridized carbons (Fsp3) is 0.250. The van der Waals surface area contributed by atoms with E-state index >= 15 is 0 Å². The molecule has 1 aliphatic rings. The molecule has 0 fully saturated rings. The van der Waals surface area contributed by atoms with E-state index < -0.39 is 4.92 Å². The SMILES string of the molecule is O=[N+]([O-])c1cc(CS)cc2c1OCO2. The molecule has 0 unspecified atom stereocenters. The number of rotatable bonds is 2. The van der Waals surface area contributed by atoms with Gasteiger partial charge in [-0.1, -0.05) is 0 Å². The largest absolute Gasteiger partial charge is 0.453 e. The monoisotopic (exact) mass is 213 g/mol. The summed E-state index contributed by atoms with van der Waals surface area (Å²) in [5.41, 5.74) is 0.674. The molecule has 1 aromatic rings. The Morgan fingerprint density at radius 3 is 2.93 bits per heavy atom. The summed E-state index contributed by atoms with van der Waals surface area (Å²) in [6.07, 6.45) is 0. The first-order valence-electron chi connectivity index (χ1n) is 3.90. The lowest BCUT2D eigenvalue weighted by Gasteiger charge is -2.00. The van der Waals surface area contributed by atoms with E-state index in [2.05, 4.69) is 12.6 Å². The Balaban J connectivity index is 2.57. The Bertz CT molecular complexity index is 393. The van der Waals surface area contributed by atoms with E-state index in [4.69, 9.17) is 9.47 Å². The van der Waals surface area contributed by atoms with E-state index in [0.717, 1.165) is 5.56 Å². The zero-order chi connectivity index (χ0) is 10.1. The van der Waals surface area contributed by atoms with E-state index in [0.29, 0.717) is 11.5 Å². The van der Waals surface area contributed by atoms with Crippen LogP contribution in [0, 0.1) is 10.1 Å². The summed E-state index contributed by atoms with van der Waals surface area (Å²) in [5.74, 6) is 1.06. The van der Waals surface area contributed by atoms with Crippen LogP contribution in [0.3, 0.4) is 0 Å². The summed E-state index contributed by atoms with van der Waals surface area (Å²) in [7, 11) is 0. The van der Waals surface area contributed by atoms with Gasteiger partial charge in [-0.25, -0.2) is 0 Å². The van der Waals surface area contributed by atoms with Crippen molar-refractivity contribution < 1.29 is 14.4 Å². The maximum atomic E-state index is 10.7. The van der Waals surface area contributed by atoms with Gasteiger partial charge < -0.3 is 9.47 Å². The molecule has 0 radical (unpaired) electrons. The van der Waals surface area contributed by atoms with Gasteiger partial charge >= 0.3 is 5.69 Å². The van der Waals surface area contributed by atoms with Crippen LogP contribution in [0.2, 0.25) is 0 Å². The Labute approximate surface area is 85.2 Å². The van der Waals surface area contributed by atoms with Crippen molar-refractivity contribution in [3.05, 3.63) is 27.8 Å². The fourth-order valence-electron chi connectivity index (χ4n) is 1.27. The number of nitro benzene ring substituents is 1. The van der Waals surface area contributed by atoms with Crippen LogP contribution >= 0.6 is 12.6 Å². The van der Waals surface area contributed by atoms with Crippen molar-refractivity contribution in [2.75, 3.05) is 6.79 Å². The molecule has 0 atom stereocenters. The average Bonchev–Trinajstić information content (AvgIpc) is 2.63. The minimum Gasteiger partial charge on any atom is -0.453 e. The normalized spacial score (nSPS) is 12.9. The molecule has 6 heteroatoms. The number of thiol groups is 1. The van der Waals surface area contributed by atoms with Crippen molar-refractivity contribution in [2.24, 2.45) is 0 Å². The van der Waals surface area contributed by atoms with Crippen LogP contribution < -0.4 is 9.47 Å². The third-order valence-electron chi connectivity index (χ3n) is 1.89. The highest BCUT2D eigenvalue weighted by molar-refractivity contribution is 7.79. The quantitative estimate of drug-likeness (QED) is 0.462. The Hall–Kier alpha value is -1.43. The molecule has 5 nitrogen and oxygen atoms in total. The predicted molar refractivity (Wildman–Crippen MR) is 51.9 cm³/mol. The maximum Gasteiger partial charge on any atom is 0.315 e. The number of fused-ring (bicyclic) bond motifs is 1. The van der Waals surface area contributed by atoms with Crippen molar-refractivity contribution in [3.8, 4) is 11.5 Å². The summed E-state index contributed by atoms with van der Waals surface area (Å²) in [5, 5.41) is 10.7. The van der Waals surface area contributed by atoms with Gasteiger partial charge in [0.25, 0.3) is 0 Å². The molecule has 1 aliphatic heterocycles. The first-order chi connectivity index (χ1) is 6.72. The summed E-state index contributed by atoms with van der Waals surface area (Å²) < 4.78 is 10.1. The fourth-order valence-corrected chi connectivity index (χ4v) is 1.46. The lowest BCUT2D eigenvalue weighted by Crippen LogP contribution is -1.95. The second kappa shape index (κ2) is 3.38. The zero-order valence-electron chi connectivity index (χ0n) is 7.10. The van der Waals surface area contributed by atoms with Gasteiger partial charge in [-0.15, -0.1) is 0 Å². The van der Waals surface area contributed by atoms with Crippen molar-refractivity contribution in [2.45, 2.75) is 5.75 Å². The van der Waals surface area contributed by atoms with Gasteiger partial charge in [-0.3, -0.25) is 10.1 Å². The van der Waals surface area contributed by atoms with Gasteiger partial charge in [0.15, 0.2) is 5.75 Å². The van der Waals surface area contributed by atoms with Crippen molar-refractivity contribution >= 4 is 18.3 Å². The van der Waals surface area contributed by atoms with Gasteiger partial charge in [-0.05, 0) is 11.6 Å². The van der Waals surface area contributed by atoms with Crippen molar-refractivity contribution in [1.29, 1.82) is 0 Å². The molecule has 2 rings (SSSR count). The standard InChI is InChI=1S/C8H7NO4S/c10-9(11)6-1-5(3-14)2-7-8(6)13-4-12-7/h1-2,14H,3-4H2. The second-order valence-corrected chi connectivity index (χ2v) is 3.08. The van der Waals surface area contributed by atoms with Gasteiger partial charge in [-0.2, -0.15) is 12.6 Å². The Kier molecular flexibility index (Phi) is 2.20. The molecule has 0 saturated heterocycles. The molecular formula is C8H7NO4S. The lowest BCUT2D eigenvalue weighted by molar-refractivity contribution is -0.385. The van der Waals surface area contributed by atoms with Gasteiger partial charge in [0.1, 0.15) is 0 Å². The van der Waals surface area contributed by atoms with Crippen LogP contribution in [0.1, 0.15) is 5.56 Å². The van der Waals surface area contributed by atoms with Gasteiger partial charge in [0.2, 0.25) is 12.5 Å². The minimum absolute atomic E-state index is 0.0339. The Morgan fingerprint density at radius 2 is 2.29 bits per heavy atom. The molecule has 1 heterocycles. The summed E-state index contributed by atoms with van der Waals surface area (Å²) >= 11 is 4.05. The molecule has 0 N–H and O–H groups in total. The third kappa shape index (κ3) is 1.37. The second-order valence-electron chi connectivity index (χ2n) is 2.76. The molecule has 0 aromatic heterocycles. The maximum absolute atomic E-state index is 10.7. The van der Waals surface area contributed by atoms with E-state index in [1.807, 2.05) is 0 Å². The summed E-state index contributed by atoms with van der Waals surface area (Å²) in [6, 6.07) is 3.14. The molecule has 0 amide bonds. The number of hydrogen-bond donors (Lipinski definition) is 1. The summed E-state index contributed by atoms with van der Waals surface area (Å²) in [4.78, 5) is 10.2. The highest BCUT2D eigenvalue weighted by atomic mass is 32.1. The first-order valence-corrected chi connectivity index (χ1v) is 4.53. The van der Waals surface area contributed by atoms with Crippen molar-refractivity contribution in [1.82, 2.24) is 0 Å². The van der Waals surface area contributed by atoms with Crippen molar-refractivity contribution in [3.63, 3.8) is 0 Å². The molecule has 0 aliphatic carbocycles. The molecule has 0 bridgehead atoms. The number of benzene rings is 1. The lowest BCUT2D eigenvalue weighted by atomic mass is 10.2. The highest BCUT2D eigenvalue weighted by Crippen LogP contribution is 2.41. The van der Waals surface area contributed by atoms with E-state index in [9.17, 15) is 10.1 Å². The van der Waals surface area contributed by atoms with E-state index in [1.54, 1.807) is 6.07 Å². The minimum atomic E-state index is -0.486. The molecular weight excluding hydrogens is 206 g/mol. The van der Waals surface area contributed by atoms with Crippen LogP contribution in [0.25, 0.3) is 0 Å². The van der Waals surface area contributed by atoms with Gasteiger partial charge in [0, 0.05) is 11.8 Å². The van der Waals surface area contributed by atoms with E-state index in [1.165, 1.54) is 6.07 Å². The number of nitrogens with zero attached hydrogens (tertiary/aromatic N) is 1. The van der Waals surface area contributed by atoms with Gasteiger partial charge in [0.05, 0.1) is 4.92 Å². The highest BCUT2D eigenvalue weighted by Gasteiger charge is 2.26. The number of hydrogen-bond acceptors (Lipinski definition) is 5. The van der Waals surface area contributed by atoms with Crippen LogP contribution in [0.4, 0.5) is 5.69 Å². The van der Waals surface area contributed by atoms with Crippen LogP contribution in [0.5, 0.6) is 11.5 Å². The zero-order valence-corrected chi connectivity index (χ0v) is 7.99. The molecule has 74 valence electrons. The first kappa shape index (κ1) is 9.14. The topological polar surface area (TPSA) is 61.6 Å². The third-order valence-corrected chi connectivity index (χ3v) is 2.26. The number of nitro groups is 1. The van der Waals surface area contributed by atoms with Crippen LogP contribution in [0.15, 0.2) is 12.1 Å². The molecule has 0 saturated carbocycles. The predicted octanol–water partition coefficient (Wildman–Crippen LogP) is 1.75. The average molecular weight is 213 g/mol. The van der Waals surface area contributed by atoms with Crippen LogP contribution in [-0.4, -0.2) is 11.7 Å². The Morgan fingerprint density at radius 1 is 1.50 bits per heavy atom. The smallest absolute Gasteiger partial charge is 0.315 e. The molecule has 0 spiro atoms.